The maximum Gasteiger partial charge on any atom is 0.0637 e. The van der Waals surface area contributed by atoms with Crippen molar-refractivity contribution in [1.29, 1.82) is 0 Å². The summed E-state index contributed by atoms with van der Waals surface area (Å²) in [5.41, 5.74) is 1.04. The highest BCUT2D eigenvalue weighted by atomic mass is 35.5. The third kappa shape index (κ3) is 4.39. The second-order valence-electron chi connectivity index (χ2n) is 3.24. The lowest BCUT2D eigenvalue weighted by Gasteiger charge is -2.07. The van der Waals surface area contributed by atoms with E-state index in [4.69, 9.17) is 23.2 Å². The fourth-order valence-electron chi connectivity index (χ4n) is 1.26. The van der Waals surface area contributed by atoms with Gasteiger partial charge in [-0.1, -0.05) is 42.3 Å². The van der Waals surface area contributed by atoms with Gasteiger partial charge in [0.05, 0.1) is 10.0 Å². The molecular formula is C11H16Cl2N2. The van der Waals surface area contributed by atoms with Crippen molar-refractivity contribution in [2.45, 2.75) is 13.5 Å². The van der Waals surface area contributed by atoms with Crippen LogP contribution in [0.2, 0.25) is 10.0 Å². The molecule has 0 unspecified atom stereocenters. The summed E-state index contributed by atoms with van der Waals surface area (Å²) in [5, 5.41) is 7.80. The van der Waals surface area contributed by atoms with Gasteiger partial charge in [-0.15, -0.1) is 0 Å². The van der Waals surface area contributed by atoms with E-state index in [1.165, 1.54) is 0 Å². The van der Waals surface area contributed by atoms with Gasteiger partial charge in [-0.05, 0) is 18.2 Å². The van der Waals surface area contributed by atoms with Gasteiger partial charge in [0.25, 0.3) is 0 Å². The molecule has 15 heavy (non-hydrogen) atoms. The van der Waals surface area contributed by atoms with Crippen LogP contribution in [0.5, 0.6) is 0 Å². The molecular weight excluding hydrogens is 231 g/mol. The van der Waals surface area contributed by atoms with Crippen LogP contribution >= 0.6 is 23.2 Å². The molecule has 0 radical (unpaired) electrons. The molecule has 0 aliphatic carbocycles. The zero-order valence-corrected chi connectivity index (χ0v) is 10.3. The first-order valence-corrected chi connectivity index (χ1v) is 5.85. The van der Waals surface area contributed by atoms with Crippen molar-refractivity contribution in [3.05, 3.63) is 33.8 Å². The lowest BCUT2D eigenvalue weighted by molar-refractivity contribution is 0.625. The van der Waals surface area contributed by atoms with Gasteiger partial charge in [0.2, 0.25) is 0 Å². The molecule has 0 aromatic heterocycles. The van der Waals surface area contributed by atoms with E-state index in [2.05, 4.69) is 17.6 Å². The summed E-state index contributed by atoms with van der Waals surface area (Å²) in [5.74, 6) is 0. The minimum atomic E-state index is 0.614. The summed E-state index contributed by atoms with van der Waals surface area (Å²) >= 11 is 12.0. The number of hydrogen-bond donors (Lipinski definition) is 2. The summed E-state index contributed by atoms with van der Waals surface area (Å²) in [6.07, 6.45) is 0. The van der Waals surface area contributed by atoms with Crippen molar-refractivity contribution in [3.63, 3.8) is 0 Å². The van der Waals surface area contributed by atoms with Crippen molar-refractivity contribution >= 4 is 23.2 Å². The van der Waals surface area contributed by atoms with E-state index in [0.717, 1.165) is 31.7 Å². The summed E-state index contributed by atoms with van der Waals surface area (Å²) in [4.78, 5) is 0. The maximum atomic E-state index is 6.05. The Hall–Kier alpha value is -0.280. The molecule has 0 aliphatic heterocycles. The van der Waals surface area contributed by atoms with Gasteiger partial charge in [-0.25, -0.2) is 0 Å². The van der Waals surface area contributed by atoms with Crippen LogP contribution in [0.25, 0.3) is 0 Å². The monoisotopic (exact) mass is 246 g/mol. The van der Waals surface area contributed by atoms with Crippen LogP contribution in [0.3, 0.4) is 0 Å². The van der Waals surface area contributed by atoms with Gasteiger partial charge >= 0.3 is 0 Å². The number of nitrogens with one attached hydrogen (secondary N) is 2. The lowest BCUT2D eigenvalue weighted by atomic mass is 10.2. The van der Waals surface area contributed by atoms with E-state index in [-0.39, 0.29) is 0 Å². The number of rotatable bonds is 6. The molecule has 0 fully saturated rings. The fraction of sp³-hybridized carbons (Fsp3) is 0.455. The first-order chi connectivity index (χ1) is 7.25. The minimum absolute atomic E-state index is 0.614. The van der Waals surface area contributed by atoms with Gasteiger partial charge in [-0.3, -0.25) is 0 Å². The Balaban J connectivity index is 2.34. The predicted molar refractivity (Wildman–Crippen MR) is 66.7 cm³/mol. The van der Waals surface area contributed by atoms with Crippen molar-refractivity contribution < 1.29 is 0 Å². The second-order valence-corrected chi connectivity index (χ2v) is 4.03. The third-order valence-electron chi connectivity index (χ3n) is 2.08. The van der Waals surface area contributed by atoms with Crippen LogP contribution < -0.4 is 10.6 Å². The van der Waals surface area contributed by atoms with Gasteiger partial charge in [0, 0.05) is 19.6 Å². The van der Waals surface area contributed by atoms with Crippen LogP contribution in [-0.4, -0.2) is 19.6 Å². The van der Waals surface area contributed by atoms with Crippen molar-refractivity contribution in [2.75, 3.05) is 19.6 Å². The third-order valence-corrected chi connectivity index (χ3v) is 2.93. The zero-order chi connectivity index (χ0) is 11.1. The highest BCUT2D eigenvalue weighted by Gasteiger charge is 2.02. The fourth-order valence-corrected chi connectivity index (χ4v) is 1.65. The van der Waals surface area contributed by atoms with Gasteiger partial charge in [-0.2, -0.15) is 0 Å². The molecule has 2 N–H and O–H groups in total. The normalized spacial score (nSPS) is 10.6. The molecule has 0 bridgehead atoms. The van der Waals surface area contributed by atoms with Crippen molar-refractivity contribution in [1.82, 2.24) is 10.6 Å². The molecule has 1 aromatic carbocycles. The highest BCUT2D eigenvalue weighted by Crippen LogP contribution is 2.25. The number of halogens is 2. The standard InChI is InChI=1S/C11H16Cl2N2/c1-2-14-6-7-15-8-9-4-3-5-10(12)11(9)13/h3-5,14-15H,2,6-8H2,1H3. The van der Waals surface area contributed by atoms with Crippen LogP contribution in [-0.2, 0) is 6.54 Å². The number of likely N-dealkylation sites (N-methyl/N-ethyl adjacent to an activating group) is 1. The van der Waals surface area contributed by atoms with Crippen LogP contribution in [0.15, 0.2) is 18.2 Å². The molecule has 0 saturated carbocycles. The molecule has 0 heterocycles. The van der Waals surface area contributed by atoms with Gasteiger partial charge in [0.15, 0.2) is 0 Å². The molecule has 0 saturated heterocycles. The zero-order valence-electron chi connectivity index (χ0n) is 8.82. The molecule has 0 aliphatic rings. The molecule has 0 atom stereocenters. The Kier molecular flexibility index (Phi) is 6.03. The lowest BCUT2D eigenvalue weighted by Crippen LogP contribution is -2.26. The molecule has 2 nitrogen and oxygen atoms in total. The molecule has 0 amide bonds. The molecule has 1 aromatic rings. The molecule has 0 spiro atoms. The summed E-state index contributed by atoms with van der Waals surface area (Å²) in [6, 6.07) is 5.69. The average molecular weight is 247 g/mol. The Morgan fingerprint density at radius 1 is 1.13 bits per heavy atom. The topological polar surface area (TPSA) is 24.1 Å². The Morgan fingerprint density at radius 3 is 2.60 bits per heavy atom. The average Bonchev–Trinajstić information content (AvgIpc) is 2.24. The minimum Gasteiger partial charge on any atom is -0.316 e. The first kappa shape index (κ1) is 12.8. The number of benzene rings is 1. The van der Waals surface area contributed by atoms with Crippen LogP contribution in [0.4, 0.5) is 0 Å². The SMILES string of the molecule is CCNCCNCc1cccc(Cl)c1Cl. The molecule has 4 heteroatoms. The van der Waals surface area contributed by atoms with Gasteiger partial charge < -0.3 is 10.6 Å². The summed E-state index contributed by atoms with van der Waals surface area (Å²) < 4.78 is 0. The predicted octanol–water partition coefficient (Wildman–Crippen LogP) is 2.69. The Morgan fingerprint density at radius 2 is 1.87 bits per heavy atom. The Labute approximate surface area is 101 Å². The smallest absolute Gasteiger partial charge is 0.0637 e. The van der Waals surface area contributed by atoms with Crippen LogP contribution in [0.1, 0.15) is 12.5 Å². The van der Waals surface area contributed by atoms with E-state index in [0.29, 0.717) is 10.0 Å². The van der Waals surface area contributed by atoms with E-state index in [1.54, 1.807) is 6.07 Å². The van der Waals surface area contributed by atoms with E-state index >= 15 is 0 Å². The van der Waals surface area contributed by atoms with Gasteiger partial charge in [0.1, 0.15) is 0 Å². The quantitative estimate of drug-likeness (QED) is 0.755. The maximum absolute atomic E-state index is 6.05. The van der Waals surface area contributed by atoms with Crippen LogP contribution in [0, 0.1) is 0 Å². The number of hydrogen-bond acceptors (Lipinski definition) is 2. The van der Waals surface area contributed by atoms with E-state index in [1.807, 2.05) is 12.1 Å². The summed E-state index contributed by atoms with van der Waals surface area (Å²) in [7, 11) is 0. The first-order valence-electron chi connectivity index (χ1n) is 5.10. The second kappa shape index (κ2) is 7.07. The van der Waals surface area contributed by atoms with E-state index in [9.17, 15) is 0 Å². The summed E-state index contributed by atoms with van der Waals surface area (Å²) in [6.45, 7) is 5.74. The Bertz CT molecular complexity index is 303. The highest BCUT2D eigenvalue weighted by molar-refractivity contribution is 6.42. The largest absolute Gasteiger partial charge is 0.316 e. The van der Waals surface area contributed by atoms with Crippen molar-refractivity contribution in [3.8, 4) is 0 Å². The molecule has 84 valence electrons. The molecule has 1 rings (SSSR count). The van der Waals surface area contributed by atoms with Crippen molar-refractivity contribution in [2.24, 2.45) is 0 Å². The van der Waals surface area contributed by atoms with E-state index < -0.39 is 0 Å².